The van der Waals surface area contributed by atoms with Gasteiger partial charge in [0.15, 0.2) is 31.1 Å². The topological polar surface area (TPSA) is 327 Å². The minimum atomic E-state index is -1.91. The summed E-state index contributed by atoms with van der Waals surface area (Å²) in [5.74, 6) is -2.62. The van der Waals surface area contributed by atoms with Gasteiger partial charge in [-0.25, -0.2) is 4.79 Å². The van der Waals surface area contributed by atoms with Crippen LogP contribution >= 0.6 is 0 Å². The van der Waals surface area contributed by atoms with Crippen molar-refractivity contribution in [1.82, 2.24) is 0 Å². The third kappa shape index (κ3) is 22.1. The summed E-state index contributed by atoms with van der Waals surface area (Å²) < 4.78 is 46.5. The van der Waals surface area contributed by atoms with Crippen LogP contribution in [0.25, 0.3) is 0 Å². The Morgan fingerprint density at radius 3 is 1.60 bits per heavy atom. The number of ether oxygens (including phenoxy) is 8. The highest BCUT2D eigenvalue weighted by atomic mass is 16.8. The highest BCUT2D eigenvalue weighted by Gasteiger charge is 2.52. The summed E-state index contributed by atoms with van der Waals surface area (Å²) in [5, 5.41) is 106. The van der Waals surface area contributed by atoms with E-state index in [2.05, 4.69) is 0 Å². The molecule has 3 rings (SSSR count). The monoisotopic (exact) mass is 1010 g/mol. The molecule has 3 fully saturated rings. The predicted octanol–water partition coefficient (Wildman–Crippen LogP) is 2.26. The Morgan fingerprint density at radius 1 is 0.586 bits per heavy atom. The number of unbranched alkanes of at least 4 members (excludes halogenated alkanes) is 12. The van der Waals surface area contributed by atoms with Crippen molar-refractivity contribution in [3.8, 4) is 0 Å². The maximum atomic E-state index is 12.4. The van der Waals surface area contributed by atoms with Crippen molar-refractivity contribution in [2.75, 3.05) is 19.8 Å². The molecule has 21 nitrogen and oxygen atoms in total. The van der Waals surface area contributed by atoms with Gasteiger partial charge in [0.1, 0.15) is 61.5 Å². The first-order valence-corrected chi connectivity index (χ1v) is 25.9. The fourth-order valence-corrected chi connectivity index (χ4v) is 8.85. The van der Waals surface area contributed by atoms with Crippen molar-refractivity contribution >= 4 is 17.9 Å². The van der Waals surface area contributed by atoms with Gasteiger partial charge in [-0.1, -0.05) is 111 Å². The lowest BCUT2D eigenvalue weighted by Gasteiger charge is -2.46. The second-order valence-corrected chi connectivity index (χ2v) is 19.7. The molecule has 17 atom stereocenters. The molecule has 0 amide bonds. The molecule has 0 saturated carbocycles. The van der Waals surface area contributed by atoms with Crippen LogP contribution in [0.5, 0.6) is 0 Å². The molecule has 0 spiro atoms. The molecular formula is C49H88O21. The Bertz CT molecular complexity index is 1440. The first-order chi connectivity index (χ1) is 33.3. The van der Waals surface area contributed by atoms with Crippen LogP contribution in [0.2, 0.25) is 0 Å². The fourth-order valence-electron chi connectivity index (χ4n) is 8.85. The van der Waals surface area contributed by atoms with Gasteiger partial charge in [0, 0.05) is 13.3 Å². The minimum absolute atomic E-state index is 0.0403. The fraction of sp³-hybridized carbons (Fsp3) is 0.939. The van der Waals surface area contributed by atoms with E-state index in [1.807, 2.05) is 6.92 Å². The molecule has 21 heteroatoms. The molecular weight excluding hydrogens is 925 g/mol. The summed E-state index contributed by atoms with van der Waals surface area (Å²) >= 11 is 0. The van der Waals surface area contributed by atoms with Crippen molar-refractivity contribution in [3.05, 3.63) is 0 Å². The van der Waals surface area contributed by atoms with Gasteiger partial charge in [-0.3, -0.25) is 9.59 Å². The molecule has 0 radical (unpaired) electrons. The lowest BCUT2D eigenvalue weighted by atomic mass is 9.98. The average Bonchev–Trinajstić information content (AvgIpc) is 3.31. The number of carboxylic acids is 1. The van der Waals surface area contributed by atoms with E-state index in [9.17, 15) is 60.3 Å². The number of carboxylic acid groups (broad SMARTS) is 1. The normalized spacial score (nSPS) is 31.2. The average molecular weight is 1010 g/mol. The maximum absolute atomic E-state index is 12.4. The van der Waals surface area contributed by atoms with E-state index >= 15 is 0 Å². The zero-order chi connectivity index (χ0) is 51.8. The van der Waals surface area contributed by atoms with Crippen LogP contribution in [0.3, 0.4) is 0 Å². The van der Waals surface area contributed by atoms with Crippen molar-refractivity contribution in [2.24, 2.45) is 5.92 Å². The molecule has 70 heavy (non-hydrogen) atoms. The smallest absolute Gasteiger partial charge is 0.332 e. The van der Waals surface area contributed by atoms with Crippen LogP contribution in [0.15, 0.2) is 0 Å². The van der Waals surface area contributed by atoms with Gasteiger partial charge in [0.2, 0.25) is 0 Å². The van der Waals surface area contributed by atoms with Crippen molar-refractivity contribution in [2.45, 2.75) is 267 Å². The van der Waals surface area contributed by atoms with Crippen LogP contribution in [0.4, 0.5) is 0 Å². The van der Waals surface area contributed by atoms with Crippen LogP contribution < -0.4 is 0 Å². The largest absolute Gasteiger partial charge is 0.479 e. The molecule has 0 aromatic carbocycles. The number of carbonyl (C=O) groups excluding carboxylic acids is 2. The molecule has 3 aliphatic rings. The first-order valence-electron chi connectivity index (χ1n) is 25.9. The van der Waals surface area contributed by atoms with Gasteiger partial charge in [-0.15, -0.1) is 0 Å². The molecule has 0 aliphatic carbocycles. The number of esters is 2. The number of carbonyl (C=O) groups is 3. The molecule has 3 aliphatic heterocycles. The highest BCUT2D eigenvalue weighted by Crippen LogP contribution is 2.33. The van der Waals surface area contributed by atoms with Gasteiger partial charge < -0.3 is 89.0 Å². The number of hydrogen-bond acceptors (Lipinski definition) is 20. The van der Waals surface area contributed by atoms with E-state index in [4.69, 9.17) is 43.0 Å². The Balaban J connectivity index is 1.52. The van der Waals surface area contributed by atoms with Gasteiger partial charge in [-0.05, 0) is 44.4 Å². The summed E-state index contributed by atoms with van der Waals surface area (Å²) in [6, 6.07) is 0. The number of aliphatic hydroxyl groups excluding tert-OH is 9. The molecule has 10 N–H and O–H groups in total. The van der Waals surface area contributed by atoms with Gasteiger partial charge in [0.25, 0.3) is 0 Å². The summed E-state index contributed by atoms with van der Waals surface area (Å²) in [7, 11) is 0. The van der Waals surface area contributed by atoms with E-state index in [1.54, 1.807) is 13.8 Å². The lowest BCUT2D eigenvalue weighted by molar-refractivity contribution is -0.380. The molecule has 3 heterocycles. The standard InChI is InChI=1S/C49H88O21/c1-5-6-20-31(21-19-24-33(52)32(51)22-17-15-13-11-9-7-8-10-12-14-16-18-23-34(53)46(61)62)67-48-44(39(57)35(54)26-64-48)70-49-45(40(58)36(55)27-65-49)69-47-42(60)41(59)43(66-30(4)50)37(68-47)28-63-38(56)25-29(2)3/h29,31-37,39-45,47-49,51-55,57-60H,5-28H2,1-4H3,(H,61,62)/t31-,32-,33+,34-,35+,36+,37+,39-,40-,41+,42+,43+,44+,45+,47-,48-,49-/m1/s1. The summed E-state index contributed by atoms with van der Waals surface area (Å²) in [6.07, 6.45) is -7.77. The van der Waals surface area contributed by atoms with E-state index in [0.29, 0.717) is 38.5 Å². The van der Waals surface area contributed by atoms with E-state index in [-0.39, 0.29) is 18.9 Å². The number of hydrogen-bond donors (Lipinski definition) is 10. The van der Waals surface area contributed by atoms with Gasteiger partial charge in [-0.2, -0.15) is 0 Å². The highest BCUT2D eigenvalue weighted by molar-refractivity contribution is 5.71. The third-order valence-corrected chi connectivity index (χ3v) is 13.1. The van der Waals surface area contributed by atoms with E-state index in [1.165, 1.54) is 0 Å². The minimum Gasteiger partial charge on any atom is -0.479 e. The molecule has 0 aromatic rings. The summed E-state index contributed by atoms with van der Waals surface area (Å²) in [4.78, 5) is 35.0. The SMILES string of the molecule is CCCC[C@H](CCC[C@H](O)[C@H](O)CCCCCCCCCCCCCC[C@@H](O)C(=O)O)O[C@H]1OC[C@H](O)[C@@H](O)[C@@H]1O[C@H]1OC[C@H](O)[C@@H](O)[C@@H]1O[C@H]1O[C@@H](COC(=O)CC(C)C)[C@H](OC(C)=O)[C@@H](O)[C@@H]1O. The third-order valence-electron chi connectivity index (χ3n) is 13.1. The van der Waals surface area contributed by atoms with Gasteiger partial charge >= 0.3 is 17.9 Å². The molecule has 0 bridgehead atoms. The van der Waals surface area contributed by atoms with E-state index < -0.39 is 135 Å². The maximum Gasteiger partial charge on any atom is 0.332 e. The predicted molar refractivity (Wildman–Crippen MR) is 248 cm³/mol. The summed E-state index contributed by atoms with van der Waals surface area (Å²) in [6.45, 7) is 5.41. The van der Waals surface area contributed by atoms with Crippen molar-refractivity contribution < 1.29 is 103 Å². The molecule has 0 aromatic heterocycles. The summed E-state index contributed by atoms with van der Waals surface area (Å²) in [5.41, 5.74) is 0. The van der Waals surface area contributed by atoms with Crippen LogP contribution in [-0.2, 0) is 52.3 Å². The lowest BCUT2D eigenvalue weighted by Crippen LogP contribution is -2.65. The first kappa shape index (κ1) is 62.1. The van der Waals surface area contributed by atoms with E-state index in [0.717, 1.165) is 96.8 Å². The van der Waals surface area contributed by atoms with Crippen LogP contribution in [-0.4, -0.2) is 193 Å². The van der Waals surface area contributed by atoms with Crippen molar-refractivity contribution in [3.63, 3.8) is 0 Å². The second kappa shape index (κ2) is 33.6. The zero-order valence-electron chi connectivity index (χ0n) is 41.8. The molecule has 3 saturated heterocycles. The molecule has 0 unspecified atom stereocenters. The number of aliphatic hydroxyl groups is 9. The Morgan fingerprint density at radius 2 is 1.07 bits per heavy atom. The van der Waals surface area contributed by atoms with Crippen LogP contribution in [0.1, 0.15) is 163 Å². The van der Waals surface area contributed by atoms with Gasteiger partial charge in [0.05, 0.1) is 31.5 Å². The Hall–Kier alpha value is -2.19. The van der Waals surface area contributed by atoms with Crippen molar-refractivity contribution in [1.29, 1.82) is 0 Å². The quantitative estimate of drug-likeness (QED) is 0.0321. The zero-order valence-corrected chi connectivity index (χ0v) is 41.8. The number of rotatable bonds is 35. The molecule has 410 valence electrons. The Labute approximate surface area is 413 Å². The Kier molecular flexibility index (Phi) is 29.8. The second-order valence-electron chi connectivity index (χ2n) is 19.7. The number of aliphatic carboxylic acids is 1. The van der Waals surface area contributed by atoms with Crippen LogP contribution in [0, 0.1) is 5.92 Å².